The SMILES string of the molecule is CN=C(NCC(=O)NCc1ccccc1)N1CCC(CSc2ccccc2)C1.I. The van der Waals surface area contributed by atoms with Crippen LogP contribution in [0.25, 0.3) is 0 Å². The van der Waals surface area contributed by atoms with Gasteiger partial charge in [0.05, 0.1) is 6.54 Å². The highest BCUT2D eigenvalue weighted by atomic mass is 127. The first kappa shape index (κ1) is 23.5. The Morgan fingerprint density at radius 3 is 2.48 bits per heavy atom. The van der Waals surface area contributed by atoms with Crippen molar-refractivity contribution in [2.75, 3.05) is 32.4 Å². The second-order valence-electron chi connectivity index (χ2n) is 6.89. The molecule has 7 heteroatoms. The van der Waals surface area contributed by atoms with Gasteiger partial charge < -0.3 is 15.5 Å². The van der Waals surface area contributed by atoms with Gasteiger partial charge in [0.15, 0.2) is 5.96 Å². The molecule has 2 N–H and O–H groups in total. The van der Waals surface area contributed by atoms with Gasteiger partial charge in [0, 0.05) is 37.3 Å². The second-order valence-corrected chi connectivity index (χ2v) is 7.98. The first-order valence-electron chi connectivity index (χ1n) is 9.68. The van der Waals surface area contributed by atoms with Crippen molar-refractivity contribution in [1.29, 1.82) is 0 Å². The molecule has 1 aliphatic rings. The fourth-order valence-corrected chi connectivity index (χ4v) is 4.29. The Kier molecular flexibility index (Phi) is 10.3. The number of amides is 1. The summed E-state index contributed by atoms with van der Waals surface area (Å²) in [5, 5.41) is 6.14. The predicted octanol–water partition coefficient (Wildman–Crippen LogP) is 3.61. The zero-order chi connectivity index (χ0) is 19.6. The van der Waals surface area contributed by atoms with Gasteiger partial charge in [-0.1, -0.05) is 48.5 Å². The lowest BCUT2D eigenvalue weighted by Crippen LogP contribution is -2.44. The zero-order valence-corrected chi connectivity index (χ0v) is 19.9. The van der Waals surface area contributed by atoms with E-state index in [1.165, 1.54) is 4.90 Å². The van der Waals surface area contributed by atoms with Gasteiger partial charge in [-0.25, -0.2) is 0 Å². The molecule has 1 heterocycles. The molecule has 29 heavy (non-hydrogen) atoms. The Morgan fingerprint density at radius 2 is 1.79 bits per heavy atom. The number of benzene rings is 2. The lowest BCUT2D eigenvalue weighted by Gasteiger charge is -2.21. The third-order valence-corrected chi connectivity index (χ3v) is 6.01. The van der Waals surface area contributed by atoms with Crippen LogP contribution in [-0.4, -0.2) is 49.2 Å². The Labute approximate surface area is 194 Å². The smallest absolute Gasteiger partial charge is 0.239 e. The summed E-state index contributed by atoms with van der Waals surface area (Å²) in [6.07, 6.45) is 1.15. The van der Waals surface area contributed by atoms with E-state index < -0.39 is 0 Å². The van der Waals surface area contributed by atoms with Gasteiger partial charge in [-0.15, -0.1) is 35.7 Å². The number of carbonyl (C=O) groups is 1. The van der Waals surface area contributed by atoms with Gasteiger partial charge in [0.2, 0.25) is 5.91 Å². The van der Waals surface area contributed by atoms with Gasteiger partial charge in [0.1, 0.15) is 0 Å². The Morgan fingerprint density at radius 1 is 1.10 bits per heavy atom. The average Bonchev–Trinajstić information content (AvgIpc) is 3.21. The van der Waals surface area contributed by atoms with E-state index in [0.29, 0.717) is 12.5 Å². The van der Waals surface area contributed by atoms with Gasteiger partial charge >= 0.3 is 0 Å². The Balaban J connectivity index is 0.00000300. The van der Waals surface area contributed by atoms with Crippen molar-refractivity contribution in [1.82, 2.24) is 15.5 Å². The predicted molar refractivity (Wildman–Crippen MR) is 132 cm³/mol. The van der Waals surface area contributed by atoms with Gasteiger partial charge in [-0.2, -0.15) is 0 Å². The number of halogens is 1. The Bertz CT molecular complexity index is 773. The average molecular weight is 524 g/mol. The largest absolute Gasteiger partial charge is 0.350 e. The molecular weight excluding hydrogens is 495 g/mol. The number of nitrogens with zero attached hydrogens (tertiary/aromatic N) is 2. The van der Waals surface area contributed by atoms with Crippen LogP contribution in [0.15, 0.2) is 70.6 Å². The van der Waals surface area contributed by atoms with Crippen LogP contribution in [0, 0.1) is 5.92 Å². The van der Waals surface area contributed by atoms with Crippen LogP contribution in [0.3, 0.4) is 0 Å². The molecule has 0 aromatic heterocycles. The van der Waals surface area contributed by atoms with Gasteiger partial charge in [-0.3, -0.25) is 9.79 Å². The van der Waals surface area contributed by atoms with Crippen LogP contribution in [0.4, 0.5) is 0 Å². The van der Waals surface area contributed by atoms with Crippen molar-refractivity contribution in [3.8, 4) is 0 Å². The molecule has 1 aliphatic heterocycles. The summed E-state index contributed by atoms with van der Waals surface area (Å²) in [4.78, 5) is 20.1. The van der Waals surface area contributed by atoms with Crippen LogP contribution in [-0.2, 0) is 11.3 Å². The fourth-order valence-electron chi connectivity index (χ4n) is 3.24. The third-order valence-electron chi connectivity index (χ3n) is 4.77. The molecule has 0 bridgehead atoms. The summed E-state index contributed by atoms with van der Waals surface area (Å²) in [5.74, 6) is 2.52. The minimum atomic E-state index is -0.0274. The first-order valence-corrected chi connectivity index (χ1v) is 10.7. The molecule has 0 spiro atoms. The molecule has 0 saturated carbocycles. The van der Waals surface area contributed by atoms with E-state index in [1.807, 2.05) is 48.2 Å². The summed E-state index contributed by atoms with van der Waals surface area (Å²) >= 11 is 1.91. The van der Waals surface area contributed by atoms with E-state index >= 15 is 0 Å². The normalized spacial score (nSPS) is 16.2. The summed E-state index contributed by atoms with van der Waals surface area (Å²) in [5.41, 5.74) is 1.10. The number of aliphatic imine (C=N–C) groups is 1. The standard InChI is InChI=1S/C22H28N4OS.HI/c1-23-22(25-15-21(27)24-14-18-8-4-2-5-9-18)26-13-12-19(16-26)17-28-20-10-6-3-7-11-20;/h2-11,19H,12-17H2,1H3,(H,23,25)(H,24,27);1H. The molecule has 5 nitrogen and oxygen atoms in total. The summed E-state index contributed by atoms with van der Waals surface area (Å²) in [6, 6.07) is 20.5. The van der Waals surface area contributed by atoms with Crippen LogP contribution < -0.4 is 10.6 Å². The zero-order valence-electron chi connectivity index (χ0n) is 16.7. The van der Waals surface area contributed by atoms with E-state index in [2.05, 4.69) is 44.8 Å². The lowest BCUT2D eigenvalue weighted by atomic mass is 10.2. The van der Waals surface area contributed by atoms with E-state index in [9.17, 15) is 4.79 Å². The number of hydrogen-bond donors (Lipinski definition) is 2. The maximum absolute atomic E-state index is 12.1. The van der Waals surface area contributed by atoms with E-state index in [-0.39, 0.29) is 36.4 Å². The maximum atomic E-state index is 12.1. The second kappa shape index (κ2) is 12.7. The van der Waals surface area contributed by atoms with Crippen molar-refractivity contribution in [3.05, 3.63) is 66.2 Å². The summed E-state index contributed by atoms with van der Waals surface area (Å²) in [6.45, 7) is 2.73. The van der Waals surface area contributed by atoms with Crippen molar-refractivity contribution >= 4 is 47.6 Å². The highest BCUT2D eigenvalue weighted by molar-refractivity contribution is 14.0. The molecule has 2 aromatic carbocycles. The maximum Gasteiger partial charge on any atom is 0.239 e. The van der Waals surface area contributed by atoms with E-state index in [1.54, 1.807) is 7.05 Å². The minimum absolute atomic E-state index is 0. The van der Waals surface area contributed by atoms with Crippen molar-refractivity contribution in [3.63, 3.8) is 0 Å². The van der Waals surface area contributed by atoms with Crippen LogP contribution in [0.5, 0.6) is 0 Å². The van der Waals surface area contributed by atoms with Crippen molar-refractivity contribution < 1.29 is 4.79 Å². The van der Waals surface area contributed by atoms with Crippen molar-refractivity contribution in [2.24, 2.45) is 10.9 Å². The topological polar surface area (TPSA) is 56.7 Å². The summed E-state index contributed by atoms with van der Waals surface area (Å²) < 4.78 is 0. The number of hydrogen-bond acceptors (Lipinski definition) is 3. The van der Waals surface area contributed by atoms with Gasteiger partial charge in [-0.05, 0) is 30.0 Å². The highest BCUT2D eigenvalue weighted by Gasteiger charge is 2.25. The minimum Gasteiger partial charge on any atom is -0.350 e. The number of likely N-dealkylation sites (tertiary alicyclic amines) is 1. The highest BCUT2D eigenvalue weighted by Crippen LogP contribution is 2.25. The molecule has 2 aromatic rings. The molecule has 156 valence electrons. The third kappa shape index (κ3) is 7.89. The number of rotatable bonds is 7. The molecule has 1 fully saturated rings. The molecule has 1 atom stereocenters. The summed E-state index contributed by atoms with van der Waals surface area (Å²) in [7, 11) is 1.77. The van der Waals surface area contributed by atoms with Crippen molar-refractivity contribution in [2.45, 2.75) is 17.9 Å². The molecule has 3 rings (SSSR count). The van der Waals surface area contributed by atoms with E-state index in [0.717, 1.165) is 36.8 Å². The van der Waals surface area contributed by atoms with Crippen LogP contribution in [0.1, 0.15) is 12.0 Å². The molecule has 1 amide bonds. The van der Waals surface area contributed by atoms with E-state index in [4.69, 9.17) is 0 Å². The lowest BCUT2D eigenvalue weighted by molar-refractivity contribution is -0.120. The Hall–Kier alpha value is -1.74. The van der Waals surface area contributed by atoms with Crippen LogP contribution >= 0.6 is 35.7 Å². The number of guanidine groups is 1. The van der Waals surface area contributed by atoms with Gasteiger partial charge in [0.25, 0.3) is 0 Å². The molecular formula is C22H29IN4OS. The molecule has 0 aliphatic carbocycles. The molecule has 1 unspecified atom stereocenters. The molecule has 1 saturated heterocycles. The number of nitrogens with one attached hydrogen (secondary N) is 2. The number of carbonyl (C=O) groups excluding carboxylic acids is 1. The molecule has 0 radical (unpaired) electrons. The van der Waals surface area contributed by atoms with Crippen LogP contribution in [0.2, 0.25) is 0 Å². The number of thioether (sulfide) groups is 1. The quantitative estimate of drug-likeness (QED) is 0.252. The monoisotopic (exact) mass is 524 g/mol. The first-order chi connectivity index (χ1) is 13.7. The fraction of sp³-hybridized carbons (Fsp3) is 0.364.